The molecule has 5 nitrogen and oxygen atoms in total. The highest BCUT2D eigenvalue weighted by Gasteiger charge is 2.25. The van der Waals surface area contributed by atoms with Crippen LogP contribution in [0.1, 0.15) is 43.2 Å². The topological polar surface area (TPSA) is 52.7 Å². The lowest BCUT2D eigenvalue weighted by atomic mass is 10.0. The first-order valence-corrected chi connectivity index (χ1v) is 13.6. The number of halogens is 3. The molecule has 0 unspecified atom stereocenters. The van der Waals surface area contributed by atoms with Gasteiger partial charge in [0.2, 0.25) is 11.8 Å². The molecule has 1 aliphatic rings. The molecule has 36 heavy (non-hydrogen) atoms. The standard InChI is InChI=1S/C28H34Cl3N3O2/c1-33(28(36)20-22-5-9-23(29)10-6-22)24-13-17-34(18-14-24)16-4-2-3-15-32-27(35)12-8-21-7-11-25(30)26(31)19-21/h5-12,19,24H,2-4,13-18,20H2,1H3,(H,32,35)/b12-8+. The lowest BCUT2D eigenvalue weighted by molar-refractivity contribution is -0.132. The van der Waals surface area contributed by atoms with Crippen molar-refractivity contribution in [3.8, 4) is 0 Å². The zero-order valence-electron chi connectivity index (χ0n) is 20.7. The van der Waals surface area contributed by atoms with E-state index in [0.29, 0.717) is 34.1 Å². The Labute approximate surface area is 229 Å². The third kappa shape index (κ3) is 9.44. The molecule has 1 saturated heterocycles. The molecular weight excluding hydrogens is 517 g/mol. The van der Waals surface area contributed by atoms with E-state index in [-0.39, 0.29) is 11.8 Å². The number of carbonyl (C=O) groups is 2. The minimum atomic E-state index is -0.113. The molecule has 0 radical (unpaired) electrons. The minimum absolute atomic E-state index is 0.113. The minimum Gasteiger partial charge on any atom is -0.353 e. The molecule has 1 aliphatic heterocycles. The number of nitrogens with zero attached hydrogens (tertiary/aromatic N) is 2. The van der Waals surface area contributed by atoms with Gasteiger partial charge in [-0.2, -0.15) is 0 Å². The van der Waals surface area contributed by atoms with Gasteiger partial charge in [-0.05, 0) is 73.7 Å². The number of amides is 2. The second-order valence-corrected chi connectivity index (χ2v) is 10.5. The Kier molecular flexibility index (Phi) is 11.6. The summed E-state index contributed by atoms with van der Waals surface area (Å²) in [6, 6.07) is 13.0. The smallest absolute Gasteiger partial charge is 0.243 e. The molecule has 2 aromatic carbocycles. The highest BCUT2D eigenvalue weighted by Crippen LogP contribution is 2.23. The van der Waals surface area contributed by atoms with Gasteiger partial charge >= 0.3 is 0 Å². The summed E-state index contributed by atoms with van der Waals surface area (Å²) in [6.45, 7) is 3.74. The summed E-state index contributed by atoms with van der Waals surface area (Å²) in [6.07, 6.45) is 8.78. The van der Waals surface area contributed by atoms with Crippen LogP contribution in [0.3, 0.4) is 0 Å². The van der Waals surface area contributed by atoms with Crippen molar-refractivity contribution in [3.05, 3.63) is 74.7 Å². The van der Waals surface area contributed by atoms with Gasteiger partial charge in [-0.15, -0.1) is 0 Å². The average Bonchev–Trinajstić information content (AvgIpc) is 2.88. The second-order valence-electron chi connectivity index (χ2n) is 9.24. The Morgan fingerprint density at radius 2 is 1.72 bits per heavy atom. The van der Waals surface area contributed by atoms with Gasteiger partial charge < -0.3 is 15.1 Å². The molecule has 1 N–H and O–H groups in total. The second kappa shape index (κ2) is 14.6. The Bertz CT molecular complexity index is 1030. The van der Waals surface area contributed by atoms with Crippen molar-refractivity contribution in [2.45, 2.75) is 44.6 Å². The monoisotopic (exact) mass is 549 g/mol. The van der Waals surface area contributed by atoms with Crippen LogP contribution in [0.25, 0.3) is 6.08 Å². The maximum absolute atomic E-state index is 12.7. The van der Waals surface area contributed by atoms with Crippen molar-refractivity contribution in [2.24, 2.45) is 0 Å². The number of rotatable bonds is 11. The number of carbonyl (C=O) groups excluding carboxylic acids is 2. The van der Waals surface area contributed by atoms with Gasteiger partial charge in [-0.1, -0.05) is 59.4 Å². The summed E-state index contributed by atoms with van der Waals surface area (Å²) in [5.41, 5.74) is 1.83. The normalized spacial score (nSPS) is 14.8. The molecule has 194 valence electrons. The largest absolute Gasteiger partial charge is 0.353 e. The molecule has 2 amide bonds. The van der Waals surface area contributed by atoms with Crippen molar-refractivity contribution in [3.63, 3.8) is 0 Å². The Hall–Kier alpha value is -2.05. The predicted molar refractivity (Wildman–Crippen MR) is 150 cm³/mol. The molecule has 3 rings (SSSR count). The van der Waals surface area contributed by atoms with Crippen molar-refractivity contribution in [2.75, 3.05) is 33.2 Å². The van der Waals surface area contributed by atoms with E-state index in [9.17, 15) is 9.59 Å². The fourth-order valence-electron chi connectivity index (χ4n) is 4.33. The van der Waals surface area contributed by atoms with Gasteiger partial charge in [-0.3, -0.25) is 9.59 Å². The summed E-state index contributed by atoms with van der Waals surface area (Å²) in [5, 5.41) is 4.58. The molecule has 8 heteroatoms. The zero-order chi connectivity index (χ0) is 25.9. The van der Waals surface area contributed by atoms with Crippen molar-refractivity contribution < 1.29 is 9.59 Å². The zero-order valence-corrected chi connectivity index (χ0v) is 23.0. The summed E-state index contributed by atoms with van der Waals surface area (Å²) < 4.78 is 0. The number of unbranched alkanes of at least 4 members (excludes halogenated alkanes) is 2. The number of nitrogens with one attached hydrogen (secondary N) is 1. The summed E-state index contributed by atoms with van der Waals surface area (Å²) >= 11 is 17.8. The number of hydrogen-bond acceptors (Lipinski definition) is 3. The molecular formula is C28H34Cl3N3O2. The van der Waals surface area contributed by atoms with Gasteiger partial charge in [-0.25, -0.2) is 0 Å². The molecule has 0 aliphatic carbocycles. The van der Waals surface area contributed by atoms with Crippen LogP contribution in [-0.4, -0.2) is 60.9 Å². The van der Waals surface area contributed by atoms with E-state index in [1.165, 1.54) is 6.08 Å². The molecule has 1 heterocycles. The van der Waals surface area contributed by atoms with E-state index in [0.717, 1.165) is 62.9 Å². The lowest BCUT2D eigenvalue weighted by Gasteiger charge is -2.37. The Morgan fingerprint density at radius 3 is 2.42 bits per heavy atom. The van der Waals surface area contributed by atoms with E-state index < -0.39 is 0 Å². The van der Waals surface area contributed by atoms with E-state index >= 15 is 0 Å². The van der Waals surface area contributed by atoms with Crippen molar-refractivity contribution in [1.82, 2.24) is 15.1 Å². The van der Waals surface area contributed by atoms with E-state index in [2.05, 4.69) is 10.2 Å². The van der Waals surface area contributed by atoms with Gasteiger partial charge in [0, 0.05) is 43.8 Å². The van der Waals surface area contributed by atoms with Gasteiger partial charge in [0.15, 0.2) is 0 Å². The highest BCUT2D eigenvalue weighted by atomic mass is 35.5. The molecule has 0 saturated carbocycles. The third-order valence-corrected chi connectivity index (χ3v) is 7.58. The number of piperidine rings is 1. The number of likely N-dealkylation sites (N-methyl/N-ethyl adjacent to an activating group) is 1. The van der Waals surface area contributed by atoms with Crippen LogP contribution in [-0.2, 0) is 16.0 Å². The van der Waals surface area contributed by atoms with Crippen LogP contribution in [0.4, 0.5) is 0 Å². The number of hydrogen-bond donors (Lipinski definition) is 1. The van der Waals surface area contributed by atoms with E-state index in [1.54, 1.807) is 18.2 Å². The quantitative estimate of drug-likeness (QED) is 0.271. The highest BCUT2D eigenvalue weighted by molar-refractivity contribution is 6.42. The van der Waals surface area contributed by atoms with Gasteiger partial charge in [0.1, 0.15) is 0 Å². The van der Waals surface area contributed by atoms with Crippen LogP contribution in [0.2, 0.25) is 15.1 Å². The molecule has 0 bridgehead atoms. The van der Waals surface area contributed by atoms with Crippen LogP contribution in [0, 0.1) is 0 Å². The Balaban J connectivity index is 1.25. The van der Waals surface area contributed by atoms with Crippen molar-refractivity contribution in [1.29, 1.82) is 0 Å². The number of benzene rings is 2. The first-order chi connectivity index (χ1) is 17.3. The molecule has 1 fully saturated rings. The van der Waals surface area contributed by atoms with Crippen LogP contribution < -0.4 is 5.32 Å². The summed E-state index contributed by atoms with van der Waals surface area (Å²) in [4.78, 5) is 29.1. The molecule has 0 atom stereocenters. The molecule has 0 spiro atoms. The van der Waals surface area contributed by atoms with Crippen LogP contribution in [0.15, 0.2) is 48.5 Å². The fraction of sp³-hybridized carbons (Fsp3) is 0.429. The fourth-order valence-corrected chi connectivity index (χ4v) is 4.76. The number of likely N-dealkylation sites (tertiary alicyclic amines) is 1. The van der Waals surface area contributed by atoms with Crippen LogP contribution >= 0.6 is 34.8 Å². The maximum atomic E-state index is 12.7. The third-order valence-electron chi connectivity index (χ3n) is 6.59. The molecule has 0 aromatic heterocycles. The van der Waals surface area contributed by atoms with E-state index in [4.69, 9.17) is 34.8 Å². The molecule has 2 aromatic rings. The first-order valence-electron chi connectivity index (χ1n) is 12.5. The average molecular weight is 551 g/mol. The summed E-state index contributed by atoms with van der Waals surface area (Å²) in [5.74, 6) is 0.0440. The maximum Gasteiger partial charge on any atom is 0.243 e. The summed E-state index contributed by atoms with van der Waals surface area (Å²) in [7, 11) is 1.92. The van der Waals surface area contributed by atoms with Crippen molar-refractivity contribution >= 4 is 52.7 Å². The van der Waals surface area contributed by atoms with Gasteiger partial charge in [0.25, 0.3) is 0 Å². The van der Waals surface area contributed by atoms with E-state index in [1.807, 2.05) is 42.3 Å². The SMILES string of the molecule is CN(C(=O)Cc1ccc(Cl)cc1)C1CCN(CCCCCNC(=O)/C=C/c2ccc(Cl)c(Cl)c2)CC1. The van der Waals surface area contributed by atoms with Crippen LogP contribution in [0.5, 0.6) is 0 Å². The first kappa shape index (κ1) is 28.5. The Morgan fingerprint density at radius 1 is 1.00 bits per heavy atom. The van der Waals surface area contributed by atoms with Gasteiger partial charge in [0.05, 0.1) is 16.5 Å². The lowest BCUT2D eigenvalue weighted by Crippen LogP contribution is -2.46. The predicted octanol–water partition coefficient (Wildman–Crippen LogP) is 6.11.